The van der Waals surface area contributed by atoms with Crippen LogP contribution in [0.4, 0.5) is 5.69 Å². The van der Waals surface area contributed by atoms with Crippen LogP contribution in [0, 0.1) is 0 Å². The van der Waals surface area contributed by atoms with Gasteiger partial charge in [0.15, 0.2) is 5.96 Å². The van der Waals surface area contributed by atoms with Crippen molar-refractivity contribution in [2.75, 3.05) is 37.6 Å². The van der Waals surface area contributed by atoms with Gasteiger partial charge in [0.25, 0.3) is 0 Å². The van der Waals surface area contributed by atoms with Gasteiger partial charge >= 0.3 is 0 Å². The number of rotatable bonds is 7. The number of phenolic OH excluding ortho intramolecular Hbond substituents is 1. The smallest absolute Gasteiger partial charge is 0.194 e. The molecule has 7 nitrogen and oxygen atoms in total. The van der Waals surface area contributed by atoms with Gasteiger partial charge in [0.2, 0.25) is 0 Å². The predicted molar refractivity (Wildman–Crippen MR) is 147 cm³/mol. The number of ether oxygens (including phenoxy) is 1. The molecule has 1 aliphatic heterocycles. The minimum Gasteiger partial charge on any atom is -0.506 e. The zero-order valence-corrected chi connectivity index (χ0v) is 21.8. The molecule has 1 aromatic heterocycles. The van der Waals surface area contributed by atoms with E-state index in [1.807, 2.05) is 54.6 Å². The Bertz CT molecular complexity index is 1060. The van der Waals surface area contributed by atoms with Crippen molar-refractivity contribution in [1.29, 1.82) is 0 Å². The lowest BCUT2D eigenvalue weighted by molar-refractivity contribution is 0.301. The molecule has 3 aromatic rings. The molecule has 0 amide bonds. The average Bonchev–Trinajstić information content (AvgIpc) is 2.87. The van der Waals surface area contributed by atoms with E-state index < -0.39 is 0 Å². The molecule has 34 heavy (non-hydrogen) atoms. The van der Waals surface area contributed by atoms with Gasteiger partial charge < -0.3 is 25.0 Å². The van der Waals surface area contributed by atoms with Crippen molar-refractivity contribution in [2.24, 2.45) is 4.99 Å². The number of halogens is 1. The number of aromatic hydroxyl groups is 1. The Labute approximate surface area is 218 Å². The molecule has 0 saturated carbocycles. The van der Waals surface area contributed by atoms with Gasteiger partial charge in [-0.15, -0.1) is 24.0 Å². The minimum atomic E-state index is 0. The normalized spacial score (nSPS) is 13.9. The number of phenols is 1. The summed E-state index contributed by atoms with van der Waals surface area (Å²) in [6.07, 6.45) is 1.77. The fraction of sp³-hybridized carbons (Fsp3) is 0.308. The predicted octanol–water partition coefficient (Wildman–Crippen LogP) is 4.27. The third-order valence-corrected chi connectivity index (χ3v) is 5.56. The van der Waals surface area contributed by atoms with Gasteiger partial charge in [-0.05, 0) is 48.9 Å². The lowest BCUT2D eigenvalue weighted by atomic mass is 10.2. The number of para-hydroxylation sites is 2. The minimum absolute atomic E-state index is 0. The molecule has 0 aliphatic carbocycles. The summed E-state index contributed by atoms with van der Waals surface area (Å²) in [6, 6.07) is 21.4. The highest BCUT2D eigenvalue weighted by Crippen LogP contribution is 2.27. The summed E-state index contributed by atoms with van der Waals surface area (Å²) in [6.45, 7) is 7.25. The first-order valence-corrected chi connectivity index (χ1v) is 11.4. The van der Waals surface area contributed by atoms with Crippen LogP contribution in [0.15, 0.2) is 77.9 Å². The maximum absolute atomic E-state index is 10.2. The lowest BCUT2D eigenvalue weighted by Gasteiger charge is -2.37. The van der Waals surface area contributed by atoms with Gasteiger partial charge in [-0.3, -0.25) is 4.98 Å². The molecule has 2 N–H and O–H groups in total. The maximum atomic E-state index is 10.2. The van der Waals surface area contributed by atoms with Crippen molar-refractivity contribution in [3.05, 3.63) is 84.2 Å². The Balaban J connectivity index is 0.00000324. The molecule has 0 atom stereocenters. The Morgan fingerprint density at radius 2 is 1.82 bits per heavy atom. The number of aromatic nitrogens is 1. The van der Waals surface area contributed by atoms with Crippen LogP contribution in [0.1, 0.15) is 18.2 Å². The monoisotopic (exact) mass is 573 g/mol. The second kappa shape index (κ2) is 13.0. The van der Waals surface area contributed by atoms with Crippen LogP contribution in [0.2, 0.25) is 0 Å². The summed E-state index contributed by atoms with van der Waals surface area (Å²) < 4.78 is 5.90. The number of hydrogen-bond donors (Lipinski definition) is 2. The van der Waals surface area contributed by atoms with Crippen molar-refractivity contribution in [3.8, 4) is 11.5 Å². The number of nitrogens with one attached hydrogen (secondary N) is 1. The molecular formula is C26H32IN5O2. The molecule has 0 bridgehead atoms. The maximum Gasteiger partial charge on any atom is 0.194 e. The van der Waals surface area contributed by atoms with Crippen LogP contribution in [0.5, 0.6) is 11.5 Å². The largest absolute Gasteiger partial charge is 0.506 e. The van der Waals surface area contributed by atoms with E-state index in [9.17, 15) is 5.11 Å². The molecular weight excluding hydrogens is 541 g/mol. The SMILES string of the molecule is CCNC(=NCc1cccc(OCc2ccccn2)c1)N1CCN(c2ccccc2O)CC1.I. The van der Waals surface area contributed by atoms with E-state index in [1.165, 1.54) is 0 Å². The van der Waals surface area contributed by atoms with Crippen molar-refractivity contribution >= 4 is 35.6 Å². The highest BCUT2D eigenvalue weighted by molar-refractivity contribution is 14.0. The zero-order chi connectivity index (χ0) is 22.9. The first-order valence-electron chi connectivity index (χ1n) is 11.4. The van der Waals surface area contributed by atoms with Gasteiger partial charge in [0.05, 0.1) is 17.9 Å². The molecule has 1 aliphatic rings. The number of hydrogen-bond acceptors (Lipinski definition) is 5. The molecule has 180 valence electrons. The summed E-state index contributed by atoms with van der Waals surface area (Å²) in [7, 11) is 0. The number of aliphatic imine (C=N–C) groups is 1. The summed E-state index contributed by atoms with van der Waals surface area (Å²) >= 11 is 0. The standard InChI is InChI=1S/C26H31N5O2.HI/c1-2-27-26(31-16-14-30(15-17-31)24-11-3-4-12-25(24)32)29-19-21-8-7-10-23(18-21)33-20-22-9-5-6-13-28-22;/h3-13,18,32H,2,14-17,19-20H2,1H3,(H,27,29);1H. The first kappa shape index (κ1) is 25.6. The Hall–Kier alpha value is -3.01. The molecule has 2 aromatic carbocycles. The van der Waals surface area contributed by atoms with Crippen molar-refractivity contribution in [3.63, 3.8) is 0 Å². The number of pyridine rings is 1. The van der Waals surface area contributed by atoms with Crippen LogP contribution < -0.4 is 15.0 Å². The van der Waals surface area contributed by atoms with E-state index in [0.29, 0.717) is 18.9 Å². The topological polar surface area (TPSA) is 73.2 Å². The van der Waals surface area contributed by atoms with Crippen molar-refractivity contribution < 1.29 is 9.84 Å². The molecule has 0 unspecified atom stereocenters. The van der Waals surface area contributed by atoms with Gasteiger partial charge in [-0.25, -0.2) is 4.99 Å². The highest BCUT2D eigenvalue weighted by atomic mass is 127. The van der Waals surface area contributed by atoms with Gasteiger partial charge in [0, 0.05) is 38.9 Å². The summed E-state index contributed by atoms with van der Waals surface area (Å²) in [4.78, 5) is 13.7. The van der Waals surface area contributed by atoms with Crippen LogP contribution in [-0.2, 0) is 13.2 Å². The van der Waals surface area contributed by atoms with Crippen LogP contribution >= 0.6 is 24.0 Å². The third-order valence-electron chi connectivity index (χ3n) is 5.56. The molecule has 0 spiro atoms. The summed E-state index contributed by atoms with van der Waals surface area (Å²) in [5.74, 6) is 2.06. The van der Waals surface area contributed by atoms with E-state index in [2.05, 4.69) is 33.1 Å². The van der Waals surface area contributed by atoms with E-state index >= 15 is 0 Å². The Kier molecular flexibility index (Phi) is 9.81. The molecule has 4 rings (SSSR count). The fourth-order valence-electron chi connectivity index (χ4n) is 3.86. The molecule has 2 heterocycles. The molecule has 8 heteroatoms. The quantitative estimate of drug-likeness (QED) is 0.250. The summed E-state index contributed by atoms with van der Waals surface area (Å²) in [5.41, 5.74) is 2.89. The Morgan fingerprint density at radius 1 is 1.03 bits per heavy atom. The van der Waals surface area contributed by atoms with Crippen LogP contribution in [0.25, 0.3) is 0 Å². The van der Waals surface area contributed by atoms with E-state index in [4.69, 9.17) is 9.73 Å². The number of guanidine groups is 1. The van der Waals surface area contributed by atoms with Gasteiger partial charge in [0.1, 0.15) is 18.1 Å². The van der Waals surface area contributed by atoms with Crippen LogP contribution in [-0.4, -0.2) is 53.7 Å². The zero-order valence-electron chi connectivity index (χ0n) is 19.4. The molecule has 1 fully saturated rings. The highest BCUT2D eigenvalue weighted by Gasteiger charge is 2.21. The average molecular weight is 573 g/mol. The van der Waals surface area contributed by atoms with Gasteiger partial charge in [-0.1, -0.05) is 30.3 Å². The van der Waals surface area contributed by atoms with E-state index in [-0.39, 0.29) is 24.0 Å². The van der Waals surface area contributed by atoms with E-state index in [0.717, 1.165) is 61.4 Å². The molecule has 0 radical (unpaired) electrons. The van der Waals surface area contributed by atoms with Crippen LogP contribution in [0.3, 0.4) is 0 Å². The number of benzene rings is 2. The number of piperazine rings is 1. The molecule has 1 saturated heterocycles. The fourth-order valence-corrected chi connectivity index (χ4v) is 3.86. The summed E-state index contributed by atoms with van der Waals surface area (Å²) in [5, 5.41) is 13.6. The third kappa shape index (κ3) is 6.99. The van der Waals surface area contributed by atoms with Crippen molar-refractivity contribution in [1.82, 2.24) is 15.2 Å². The Morgan fingerprint density at radius 3 is 2.56 bits per heavy atom. The second-order valence-corrected chi connectivity index (χ2v) is 7.89. The second-order valence-electron chi connectivity index (χ2n) is 7.89. The van der Waals surface area contributed by atoms with Gasteiger partial charge in [-0.2, -0.15) is 0 Å². The first-order chi connectivity index (χ1) is 16.2. The number of nitrogens with zero attached hydrogens (tertiary/aromatic N) is 4. The lowest BCUT2D eigenvalue weighted by Crippen LogP contribution is -2.52. The number of anilines is 1. The van der Waals surface area contributed by atoms with Crippen molar-refractivity contribution in [2.45, 2.75) is 20.1 Å². The van der Waals surface area contributed by atoms with E-state index in [1.54, 1.807) is 12.3 Å².